The highest BCUT2D eigenvalue weighted by atomic mass is 15.3. The summed E-state index contributed by atoms with van der Waals surface area (Å²) >= 11 is 0. The number of hydrogen-bond donors (Lipinski definition) is 1. The molecule has 0 aliphatic rings. The largest absolute Gasteiger partial charge is 0.356 e. The SMILES string of the molecule is CCn1cc(C)nc1NCCCn1cccn1. The molecule has 0 atom stereocenters. The number of aromatic nitrogens is 4. The Labute approximate surface area is 101 Å². The molecule has 17 heavy (non-hydrogen) atoms. The van der Waals surface area contributed by atoms with Crippen LogP contribution in [0.2, 0.25) is 0 Å². The summed E-state index contributed by atoms with van der Waals surface area (Å²) in [5.74, 6) is 0.963. The molecule has 0 fully saturated rings. The van der Waals surface area contributed by atoms with Crippen LogP contribution in [0.5, 0.6) is 0 Å². The molecule has 5 nitrogen and oxygen atoms in total. The molecular formula is C12H19N5. The summed E-state index contributed by atoms with van der Waals surface area (Å²) in [6.45, 7) is 6.93. The summed E-state index contributed by atoms with van der Waals surface area (Å²) in [6, 6.07) is 1.95. The average molecular weight is 233 g/mol. The van der Waals surface area contributed by atoms with Gasteiger partial charge in [0, 0.05) is 38.2 Å². The summed E-state index contributed by atoms with van der Waals surface area (Å²) in [5.41, 5.74) is 1.06. The molecule has 2 heterocycles. The lowest BCUT2D eigenvalue weighted by molar-refractivity contribution is 0.589. The quantitative estimate of drug-likeness (QED) is 0.775. The lowest BCUT2D eigenvalue weighted by atomic mass is 10.4. The molecule has 0 spiro atoms. The van der Waals surface area contributed by atoms with Gasteiger partial charge in [0.15, 0.2) is 0 Å². The second kappa shape index (κ2) is 5.52. The normalized spacial score (nSPS) is 10.7. The van der Waals surface area contributed by atoms with E-state index in [1.165, 1.54) is 0 Å². The maximum absolute atomic E-state index is 4.45. The highest BCUT2D eigenvalue weighted by Gasteiger charge is 2.02. The zero-order valence-electron chi connectivity index (χ0n) is 10.4. The van der Waals surface area contributed by atoms with Crippen LogP contribution < -0.4 is 5.32 Å². The number of nitrogens with zero attached hydrogens (tertiary/aromatic N) is 4. The van der Waals surface area contributed by atoms with Gasteiger partial charge in [-0.2, -0.15) is 5.10 Å². The summed E-state index contributed by atoms with van der Waals surface area (Å²) in [4.78, 5) is 4.45. The standard InChI is InChI=1S/C12H19N5/c1-3-16-10-11(2)15-12(16)13-6-4-8-17-9-5-7-14-17/h5,7,9-10H,3-4,6,8H2,1-2H3,(H,13,15). The van der Waals surface area contributed by atoms with Gasteiger partial charge in [0.05, 0.1) is 5.69 Å². The molecule has 92 valence electrons. The summed E-state index contributed by atoms with van der Waals surface area (Å²) in [6.07, 6.45) is 6.89. The molecule has 5 heteroatoms. The maximum atomic E-state index is 4.45. The van der Waals surface area contributed by atoms with E-state index in [1.54, 1.807) is 6.20 Å². The minimum absolute atomic E-state index is 0.913. The van der Waals surface area contributed by atoms with E-state index in [1.807, 2.05) is 23.9 Å². The Morgan fingerprint density at radius 3 is 3.00 bits per heavy atom. The van der Waals surface area contributed by atoms with E-state index >= 15 is 0 Å². The summed E-state index contributed by atoms with van der Waals surface area (Å²) in [7, 11) is 0. The van der Waals surface area contributed by atoms with Crippen molar-refractivity contribution in [1.82, 2.24) is 19.3 Å². The predicted octanol–water partition coefficient (Wildman–Crippen LogP) is 1.91. The number of aryl methyl sites for hydroxylation is 3. The van der Waals surface area contributed by atoms with Crippen LogP contribution in [-0.2, 0) is 13.1 Å². The lowest BCUT2D eigenvalue weighted by Crippen LogP contribution is -2.10. The predicted molar refractivity (Wildman–Crippen MR) is 68.0 cm³/mol. The van der Waals surface area contributed by atoms with Crippen molar-refractivity contribution in [3.8, 4) is 0 Å². The molecule has 0 aliphatic heterocycles. The monoisotopic (exact) mass is 233 g/mol. The Hall–Kier alpha value is -1.78. The van der Waals surface area contributed by atoms with Crippen LogP contribution in [0.1, 0.15) is 19.0 Å². The van der Waals surface area contributed by atoms with E-state index in [0.29, 0.717) is 0 Å². The molecule has 1 N–H and O–H groups in total. The second-order valence-electron chi connectivity index (χ2n) is 4.04. The number of imidazole rings is 1. The fourth-order valence-corrected chi connectivity index (χ4v) is 1.80. The van der Waals surface area contributed by atoms with Gasteiger partial charge < -0.3 is 9.88 Å². The van der Waals surface area contributed by atoms with Crippen LogP contribution in [0.15, 0.2) is 24.7 Å². The van der Waals surface area contributed by atoms with Gasteiger partial charge in [-0.15, -0.1) is 0 Å². The molecule has 0 bridgehead atoms. The summed E-state index contributed by atoms with van der Waals surface area (Å²) < 4.78 is 4.07. The lowest BCUT2D eigenvalue weighted by Gasteiger charge is -2.07. The Kier molecular flexibility index (Phi) is 3.80. The topological polar surface area (TPSA) is 47.7 Å². The maximum Gasteiger partial charge on any atom is 0.203 e. The van der Waals surface area contributed by atoms with Gasteiger partial charge in [0.1, 0.15) is 0 Å². The van der Waals surface area contributed by atoms with E-state index in [-0.39, 0.29) is 0 Å². The van der Waals surface area contributed by atoms with E-state index in [4.69, 9.17) is 0 Å². The van der Waals surface area contributed by atoms with Crippen LogP contribution in [0.3, 0.4) is 0 Å². The van der Waals surface area contributed by atoms with Crippen molar-refractivity contribution in [2.24, 2.45) is 0 Å². The minimum Gasteiger partial charge on any atom is -0.356 e. The van der Waals surface area contributed by atoms with Crippen molar-refractivity contribution < 1.29 is 0 Å². The van der Waals surface area contributed by atoms with Gasteiger partial charge in [-0.05, 0) is 26.3 Å². The van der Waals surface area contributed by atoms with Crippen LogP contribution >= 0.6 is 0 Å². The van der Waals surface area contributed by atoms with Crippen molar-refractivity contribution in [2.45, 2.75) is 33.4 Å². The highest BCUT2D eigenvalue weighted by molar-refractivity contribution is 5.28. The van der Waals surface area contributed by atoms with E-state index in [0.717, 1.165) is 37.7 Å². The van der Waals surface area contributed by atoms with E-state index < -0.39 is 0 Å². The van der Waals surface area contributed by atoms with Crippen molar-refractivity contribution in [1.29, 1.82) is 0 Å². The molecule has 0 amide bonds. The third kappa shape index (κ3) is 3.09. The highest BCUT2D eigenvalue weighted by Crippen LogP contribution is 2.07. The molecular weight excluding hydrogens is 214 g/mol. The van der Waals surface area contributed by atoms with Crippen molar-refractivity contribution in [2.75, 3.05) is 11.9 Å². The zero-order chi connectivity index (χ0) is 12.1. The molecule has 0 saturated heterocycles. The van der Waals surface area contributed by atoms with Crippen molar-refractivity contribution >= 4 is 5.95 Å². The van der Waals surface area contributed by atoms with Crippen molar-refractivity contribution in [3.63, 3.8) is 0 Å². The number of nitrogens with one attached hydrogen (secondary N) is 1. The zero-order valence-corrected chi connectivity index (χ0v) is 10.4. The van der Waals surface area contributed by atoms with Gasteiger partial charge in [0.25, 0.3) is 0 Å². The smallest absolute Gasteiger partial charge is 0.203 e. The van der Waals surface area contributed by atoms with Gasteiger partial charge in [0.2, 0.25) is 5.95 Å². The molecule has 2 rings (SSSR count). The molecule has 0 unspecified atom stereocenters. The van der Waals surface area contributed by atoms with Crippen LogP contribution in [0, 0.1) is 6.92 Å². The average Bonchev–Trinajstić information content (AvgIpc) is 2.93. The molecule has 0 aromatic carbocycles. The minimum atomic E-state index is 0.913. The number of rotatable bonds is 6. The van der Waals surface area contributed by atoms with Gasteiger partial charge >= 0.3 is 0 Å². The fourth-order valence-electron chi connectivity index (χ4n) is 1.80. The summed E-state index contributed by atoms with van der Waals surface area (Å²) in [5, 5.41) is 7.52. The first-order valence-electron chi connectivity index (χ1n) is 6.04. The van der Waals surface area contributed by atoms with Crippen molar-refractivity contribution in [3.05, 3.63) is 30.4 Å². The third-order valence-electron chi connectivity index (χ3n) is 2.64. The number of hydrogen-bond acceptors (Lipinski definition) is 3. The molecule has 0 saturated carbocycles. The third-order valence-corrected chi connectivity index (χ3v) is 2.64. The fraction of sp³-hybridized carbons (Fsp3) is 0.500. The van der Waals surface area contributed by atoms with Gasteiger partial charge in [-0.25, -0.2) is 4.98 Å². The Bertz CT molecular complexity index is 443. The Morgan fingerprint density at radius 2 is 2.29 bits per heavy atom. The van der Waals surface area contributed by atoms with Crippen LogP contribution in [0.4, 0.5) is 5.95 Å². The molecule has 0 aliphatic carbocycles. The van der Waals surface area contributed by atoms with Crippen LogP contribution in [0.25, 0.3) is 0 Å². The number of anilines is 1. The van der Waals surface area contributed by atoms with Gasteiger partial charge in [-0.1, -0.05) is 0 Å². The van der Waals surface area contributed by atoms with Gasteiger partial charge in [-0.3, -0.25) is 4.68 Å². The Morgan fingerprint density at radius 1 is 1.41 bits per heavy atom. The first-order chi connectivity index (χ1) is 8.29. The first kappa shape index (κ1) is 11.7. The van der Waals surface area contributed by atoms with E-state index in [2.05, 4.69) is 33.1 Å². The molecule has 0 radical (unpaired) electrons. The van der Waals surface area contributed by atoms with E-state index in [9.17, 15) is 0 Å². The Balaban J connectivity index is 1.77. The second-order valence-corrected chi connectivity index (χ2v) is 4.04. The first-order valence-corrected chi connectivity index (χ1v) is 6.04. The molecule has 2 aromatic rings. The van der Waals surface area contributed by atoms with Crippen LogP contribution in [-0.4, -0.2) is 25.9 Å². The molecule has 2 aromatic heterocycles.